The van der Waals surface area contributed by atoms with E-state index in [-0.39, 0.29) is 16.8 Å². The van der Waals surface area contributed by atoms with Crippen molar-refractivity contribution in [2.75, 3.05) is 11.9 Å². The summed E-state index contributed by atoms with van der Waals surface area (Å²) in [5, 5.41) is 3.92. The molecule has 0 fully saturated rings. The van der Waals surface area contributed by atoms with Crippen LogP contribution in [0.2, 0.25) is 0 Å². The van der Waals surface area contributed by atoms with Crippen LogP contribution in [0.4, 0.5) is 32.0 Å². The summed E-state index contributed by atoms with van der Waals surface area (Å²) in [4.78, 5) is 27.1. The maximum absolute atomic E-state index is 12.5. The molecular formula is C16H11F6N3O2. The Bertz CT molecular complexity index is 831. The van der Waals surface area contributed by atoms with Crippen molar-refractivity contribution in [1.82, 2.24) is 10.3 Å². The molecule has 2 aromatic rings. The van der Waals surface area contributed by atoms with E-state index in [1.807, 2.05) is 0 Å². The van der Waals surface area contributed by atoms with Gasteiger partial charge in [-0.25, -0.2) is 0 Å². The summed E-state index contributed by atoms with van der Waals surface area (Å²) < 4.78 is 74.1. The molecule has 1 heterocycles. The predicted molar refractivity (Wildman–Crippen MR) is 82.0 cm³/mol. The number of anilines is 1. The summed E-state index contributed by atoms with van der Waals surface area (Å²) in [7, 11) is 0. The number of hydrogen-bond acceptors (Lipinski definition) is 3. The normalized spacial score (nSPS) is 11.8. The fourth-order valence-corrected chi connectivity index (χ4v) is 1.96. The first-order valence-corrected chi connectivity index (χ1v) is 7.26. The molecule has 0 aliphatic rings. The SMILES string of the molecule is O=C(Nc1ccccc1C(=O)NCC(F)(F)F)c1ccc(C(F)(F)F)nc1. The zero-order valence-electron chi connectivity index (χ0n) is 13.3. The van der Waals surface area contributed by atoms with Gasteiger partial charge in [0.15, 0.2) is 0 Å². The smallest absolute Gasteiger partial charge is 0.343 e. The third kappa shape index (κ3) is 5.69. The molecule has 0 atom stereocenters. The summed E-state index contributed by atoms with van der Waals surface area (Å²) in [5.74, 6) is -1.96. The number of hydrogen-bond donors (Lipinski definition) is 2. The van der Waals surface area contributed by atoms with Gasteiger partial charge in [-0.2, -0.15) is 26.3 Å². The van der Waals surface area contributed by atoms with Gasteiger partial charge in [-0.05, 0) is 24.3 Å². The van der Waals surface area contributed by atoms with Crippen LogP contribution in [0.25, 0.3) is 0 Å². The van der Waals surface area contributed by atoms with E-state index < -0.39 is 36.4 Å². The topological polar surface area (TPSA) is 71.1 Å². The van der Waals surface area contributed by atoms with E-state index in [0.29, 0.717) is 12.3 Å². The Labute approximate surface area is 148 Å². The minimum absolute atomic E-state index is 0.109. The van der Waals surface area contributed by atoms with Gasteiger partial charge in [0.1, 0.15) is 12.2 Å². The van der Waals surface area contributed by atoms with Crippen LogP contribution in [0.5, 0.6) is 0 Å². The number of benzene rings is 1. The number of nitrogens with one attached hydrogen (secondary N) is 2. The highest BCUT2D eigenvalue weighted by atomic mass is 19.4. The minimum atomic E-state index is -4.67. The monoisotopic (exact) mass is 391 g/mol. The molecule has 2 rings (SSSR count). The molecule has 5 nitrogen and oxygen atoms in total. The highest BCUT2D eigenvalue weighted by molar-refractivity contribution is 6.08. The number of nitrogens with zero attached hydrogens (tertiary/aromatic N) is 1. The van der Waals surface area contributed by atoms with Crippen molar-refractivity contribution in [2.45, 2.75) is 12.4 Å². The van der Waals surface area contributed by atoms with E-state index >= 15 is 0 Å². The number of para-hydroxylation sites is 1. The van der Waals surface area contributed by atoms with E-state index in [1.165, 1.54) is 24.3 Å². The van der Waals surface area contributed by atoms with E-state index in [0.717, 1.165) is 6.07 Å². The molecule has 0 unspecified atom stereocenters. The van der Waals surface area contributed by atoms with Gasteiger partial charge in [-0.3, -0.25) is 14.6 Å². The number of aromatic nitrogens is 1. The highest BCUT2D eigenvalue weighted by Crippen LogP contribution is 2.27. The number of carbonyl (C=O) groups is 2. The molecule has 0 aliphatic carbocycles. The fourth-order valence-electron chi connectivity index (χ4n) is 1.96. The lowest BCUT2D eigenvalue weighted by Crippen LogP contribution is -2.34. The summed E-state index contributed by atoms with van der Waals surface area (Å²) >= 11 is 0. The molecule has 0 aliphatic heterocycles. The van der Waals surface area contributed by atoms with Crippen molar-refractivity contribution in [2.24, 2.45) is 0 Å². The Hall–Kier alpha value is -3.11. The Kier molecular flexibility index (Phi) is 5.72. The van der Waals surface area contributed by atoms with Gasteiger partial charge in [0, 0.05) is 6.20 Å². The van der Waals surface area contributed by atoms with Crippen LogP contribution in [0.3, 0.4) is 0 Å². The summed E-state index contributed by atoms with van der Waals surface area (Å²) in [6, 6.07) is 6.73. The van der Waals surface area contributed by atoms with Gasteiger partial charge in [-0.1, -0.05) is 12.1 Å². The molecule has 0 spiro atoms. The van der Waals surface area contributed by atoms with E-state index in [9.17, 15) is 35.9 Å². The van der Waals surface area contributed by atoms with Crippen molar-refractivity contribution in [3.05, 3.63) is 59.4 Å². The molecule has 144 valence electrons. The number of rotatable bonds is 4. The first kappa shape index (κ1) is 20.2. The minimum Gasteiger partial charge on any atom is -0.343 e. The van der Waals surface area contributed by atoms with Crippen molar-refractivity contribution >= 4 is 17.5 Å². The lowest BCUT2D eigenvalue weighted by Gasteiger charge is -2.13. The summed E-state index contributed by atoms with van der Waals surface area (Å²) in [6.45, 7) is -1.56. The Morgan fingerprint density at radius 2 is 1.59 bits per heavy atom. The van der Waals surface area contributed by atoms with Crippen molar-refractivity contribution < 1.29 is 35.9 Å². The quantitative estimate of drug-likeness (QED) is 0.782. The van der Waals surface area contributed by atoms with Crippen LogP contribution in [0.1, 0.15) is 26.4 Å². The van der Waals surface area contributed by atoms with E-state index in [1.54, 1.807) is 5.32 Å². The second-order valence-corrected chi connectivity index (χ2v) is 5.23. The average Bonchev–Trinajstić information content (AvgIpc) is 2.59. The molecule has 0 radical (unpaired) electrons. The van der Waals surface area contributed by atoms with Crippen LogP contribution in [0, 0.1) is 0 Å². The third-order valence-electron chi connectivity index (χ3n) is 3.19. The van der Waals surface area contributed by atoms with E-state index in [2.05, 4.69) is 10.3 Å². The number of amides is 2. The Balaban J connectivity index is 2.15. The molecular weight excluding hydrogens is 380 g/mol. The standard InChI is InChI=1S/C16H11F6N3O2/c17-15(18,19)8-24-14(27)10-3-1-2-4-11(10)25-13(26)9-5-6-12(23-7-9)16(20,21)22/h1-7H,8H2,(H,24,27)(H,25,26). The van der Waals surface area contributed by atoms with Gasteiger partial charge in [0.05, 0.1) is 16.8 Å². The van der Waals surface area contributed by atoms with Crippen molar-refractivity contribution in [1.29, 1.82) is 0 Å². The average molecular weight is 391 g/mol. The molecule has 0 saturated carbocycles. The summed E-state index contributed by atoms with van der Waals surface area (Å²) in [6.07, 6.45) is -8.58. The molecule has 1 aromatic carbocycles. The van der Waals surface area contributed by atoms with Gasteiger partial charge < -0.3 is 10.6 Å². The maximum atomic E-state index is 12.5. The van der Waals surface area contributed by atoms with Gasteiger partial charge in [0.25, 0.3) is 11.8 Å². The molecule has 11 heteroatoms. The predicted octanol–water partition coefficient (Wildman–Crippen LogP) is 3.64. The van der Waals surface area contributed by atoms with E-state index in [4.69, 9.17) is 0 Å². The number of carbonyl (C=O) groups excluding carboxylic acids is 2. The highest BCUT2D eigenvalue weighted by Gasteiger charge is 2.32. The fraction of sp³-hybridized carbons (Fsp3) is 0.188. The first-order chi connectivity index (χ1) is 12.5. The summed E-state index contributed by atoms with van der Waals surface area (Å²) in [5.41, 5.74) is -1.77. The van der Waals surface area contributed by atoms with Crippen LogP contribution in [-0.4, -0.2) is 29.5 Å². The van der Waals surface area contributed by atoms with Crippen molar-refractivity contribution in [3.63, 3.8) is 0 Å². The molecule has 27 heavy (non-hydrogen) atoms. The molecule has 1 aromatic heterocycles. The van der Waals surface area contributed by atoms with Crippen LogP contribution in [0.15, 0.2) is 42.6 Å². The third-order valence-corrected chi connectivity index (χ3v) is 3.19. The number of alkyl halides is 6. The largest absolute Gasteiger partial charge is 0.433 e. The molecule has 0 bridgehead atoms. The zero-order chi connectivity index (χ0) is 20.2. The number of halogens is 6. The molecule has 2 N–H and O–H groups in total. The van der Waals surface area contributed by atoms with Crippen LogP contribution in [-0.2, 0) is 6.18 Å². The van der Waals surface area contributed by atoms with Crippen molar-refractivity contribution in [3.8, 4) is 0 Å². The second kappa shape index (κ2) is 7.64. The Morgan fingerprint density at radius 3 is 2.15 bits per heavy atom. The lowest BCUT2D eigenvalue weighted by molar-refractivity contribution is -0.141. The Morgan fingerprint density at radius 1 is 0.926 bits per heavy atom. The van der Waals surface area contributed by atoms with Gasteiger partial charge >= 0.3 is 12.4 Å². The van der Waals surface area contributed by atoms with Gasteiger partial charge in [-0.15, -0.1) is 0 Å². The first-order valence-electron chi connectivity index (χ1n) is 7.26. The molecule has 2 amide bonds. The second-order valence-electron chi connectivity index (χ2n) is 5.23. The maximum Gasteiger partial charge on any atom is 0.433 e. The van der Waals surface area contributed by atoms with Gasteiger partial charge in [0.2, 0.25) is 0 Å². The number of pyridine rings is 1. The van der Waals surface area contributed by atoms with Crippen LogP contribution < -0.4 is 10.6 Å². The zero-order valence-corrected chi connectivity index (χ0v) is 13.3. The molecule has 0 saturated heterocycles. The van der Waals surface area contributed by atoms with Crippen LogP contribution >= 0.6 is 0 Å². The lowest BCUT2D eigenvalue weighted by atomic mass is 10.1.